The number of rotatable bonds is 7. The van der Waals surface area contributed by atoms with Gasteiger partial charge in [-0.05, 0) is 43.9 Å². The fraction of sp³-hybridized carbons (Fsp3) is 0.905. The maximum atomic E-state index is 12.7. The van der Waals surface area contributed by atoms with E-state index in [0.717, 1.165) is 57.9 Å². The zero-order valence-corrected chi connectivity index (χ0v) is 20.0. The molecule has 1 amide bonds. The zero-order chi connectivity index (χ0) is 19.1. The van der Waals surface area contributed by atoms with Crippen LogP contribution in [-0.2, 0) is 9.53 Å². The largest absolute Gasteiger partial charge is 0.385 e. The van der Waals surface area contributed by atoms with Gasteiger partial charge in [-0.3, -0.25) is 9.79 Å². The molecule has 0 aromatic heterocycles. The minimum Gasteiger partial charge on any atom is -0.385 e. The van der Waals surface area contributed by atoms with Gasteiger partial charge in [0.1, 0.15) is 0 Å². The number of hydrogen-bond acceptors (Lipinski definition) is 3. The van der Waals surface area contributed by atoms with Gasteiger partial charge in [-0.25, -0.2) is 0 Å². The molecule has 2 aliphatic carbocycles. The van der Waals surface area contributed by atoms with Crippen molar-refractivity contribution in [3.8, 4) is 0 Å². The van der Waals surface area contributed by atoms with Crippen molar-refractivity contribution in [3.63, 3.8) is 0 Å². The number of halogens is 1. The highest BCUT2D eigenvalue weighted by atomic mass is 127. The highest BCUT2D eigenvalue weighted by Crippen LogP contribution is 2.43. The summed E-state index contributed by atoms with van der Waals surface area (Å²) in [6.45, 7) is 3.47. The van der Waals surface area contributed by atoms with E-state index >= 15 is 0 Å². The van der Waals surface area contributed by atoms with Crippen molar-refractivity contribution in [1.82, 2.24) is 15.5 Å². The summed E-state index contributed by atoms with van der Waals surface area (Å²) >= 11 is 0. The van der Waals surface area contributed by atoms with Crippen molar-refractivity contribution < 1.29 is 9.53 Å². The molecule has 1 aliphatic heterocycles. The fourth-order valence-electron chi connectivity index (χ4n) is 4.86. The van der Waals surface area contributed by atoms with Crippen LogP contribution in [0.15, 0.2) is 4.99 Å². The molecule has 1 unspecified atom stereocenters. The average molecular weight is 506 g/mol. The second-order valence-corrected chi connectivity index (χ2v) is 8.77. The van der Waals surface area contributed by atoms with Crippen LogP contribution in [0.3, 0.4) is 0 Å². The Hall–Kier alpha value is -0.570. The number of likely N-dealkylation sites (tertiary alicyclic amines) is 1. The number of amides is 1. The normalized spacial score (nSPS) is 25.0. The van der Waals surface area contributed by atoms with E-state index in [9.17, 15) is 4.79 Å². The quantitative estimate of drug-likeness (QED) is 0.317. The van der Waals surface area contributed by atoms with Gasteiger partial charge in [0, 0.05) is 52.4 Å². The Morgan fingerprint density at radius 1 is 1.18 bits per heavy atom. The number of methoxy groups -OCH3 is 1. The first kappa shape index (κ1) is 23.7. The summed E-state index contributed by atoms with van der Waals surface area (Å²) in [4.78, 5) is 19.2. The van der Waals surface area contributed by atoms with Crippen molar-refractivity contribution in [3.05, 3.63) is 0 Å². The summed E-state index contributed by atoms with van der Waals surface area (Å²) in [6.07, 6.45) is 11.9. The minimum atomic E-state index is 0. The molecular formula is C21H39IN4O2. The molecule has 0 bridgehead atoms. The number of ether oxygens (including phenoxy) is 1. The Morgan fingerprint density at radius 2 is 1.93 bits per heavy atom. The number of nitrogens with one attached hydrogen (secondary N) is 2. The Balaban J connectivity index is 0.00000280. The van der Waals surface area contributed by atoms with Crippen LogP contribution in [0.1, 0.15) is 64.2 Å². The summed E-state index contributed by atoms with van der Waals surface area (Å²) in [7, 11) is 3.61. The summed E-state index contributed by atoms with van der Waals surface area (Å²) < 4.78 is 5.29. The Kier molecular flexibility index (Phi) is 9.80. The van der Waals surface area contributed by atoms with E-state index in [0.29, 0.717) is 17.4 Å². The lowest BCUT2D eigenvalue weighted by molar-refractivity contribution is -0.135. The molecule has 3 aliphatic rings. The monoisotopic (exact) mass is 506 g/mol. The van der Waals surface area contributed by atoms with Gasteiger partial charge in [-0.15, -0.1) is 24.0 Å². The van der Waals surface area contributed by atoms with Crippen LogP contribution in [0.2, 0.25) is 0 Å². The summed E-state index contributed by atoms with van der Waals surface area (Å²) in [6, 6.07) is 0.306. The topological polar surface area (TPSA) is 66.0 Å². The molecule has 2 saturated carbocycles. The highest BCUT2D eigenvalue weighted by molar-refractivity contribution is 14.0. The van der Waals surface area contributed by atoms with Crippen LogP contribution in [-0.4, -0.2) is 63.2 Å². The van der Waals surface area contributed by atoms with Crippen molar-refractivity contribution in [2.75, 3.05) is 40.4 Å². The van der Waals surface area contributed by atoms with E-state index in [1.165, 1.54) is 38.5 Å². The molecule has 1 atom stereocenters. The van der Waals surface area contributed by atoms with E-state index in [-0.39, 0.29) is 29.9 Å². The van der Waals surface area contributed by atoms with E-state index in [4.69, 9.17) is 4.74 Å². The number of nitrogens with zero attached hydrogens (tertiary/aromatic N) is 2. The lowest BCUT2D eigenvalue weighted by Gasteiger charge is -2.42. The maximum absolute atomic E-state index is 12.7. The second kappa shape index (κ2) is 11.6. The molecule has 7 heteroatoms. The van der Waals surface area contributed by atoms with Crippen LogP contribution in [0, 0.1) is 11.3 Å². The lowest BCUT2D eigenvalue weighted by atomic mass is 9.67. The molecule has 28 heavy (non-hydrogen) atoms. The van der Waals surface area contributed by atoms with Gasteiger partial charge >= 0.3 is 0 Å². The van der Waals surface area contributed by atoms with Crippen molar-refractivity contribution >= 4 is 35.8 Å². The highest BCUT2D eigenvalue weighted by Gasteiger charge is 2.37. The van der Waals surface area contributed by atoms with Crippen molar-refractivity contribution in [2.45, 2.75) is 70.3 Å². The Morgan fingerprint density at radius 3 is 2.54 bits per heavy atom. The van der Waals surface area contributed by atoms with Gasteiger partial charge in [0.2, 0.25) is 5.91 Å². The number of carbonyl (C=O) groups is 1. The maximum Gasteiger partial charge on any atom is 0.225 e. The molecule has 1 saturated heterocycles. The number of carbonyl (C=O) groups excluding carboxylic acids is 1. The number of guanidine groups is 1. The summed E-state index contributed by atoms with van der Waals surface area (Å²) in [5.74, 6) is 1.53. The van der Waals surface area contributed by atoms with Crippen LogP contribution in [0.5, 0.6) is 0 Å². The molecule has 0 radical (unpaired) electrons. The SMILES string of the molecule is CN=C(NCC1(CCOC)CCC1)NC1CCN(C(=O)C2CCCCC2)C1.I. The first-order valence-corrected chi connectivity index (χ1v) is 10.9. The Bertz CT molecular complexity index is 519. The second-order valence-electron chi connectivity index (χ2n) is 8.77. The first-order chi connectivity index (χ1) is 13.2. The Labute approximate surface area is 187 Å². The third-order valence-electron chi connectivity index (χ3n) is 6.90. The zero-order valence-electron chi connectivity index (χ0n) is 17.7. The van der Waals surface area contributed by atoms with Gasteiger partial charge in [0.05, 0.1) is 0 Å². The predicted molar refractivity (Wildman–Crippen MR) is 124 cm³/mol. The van der Waals surface area contributed by atoms with Crippen molar-refractivity contribution in [1.29, 1.82) is 0 Å². The number of aliphatic imine (C=N–C) groups is 1. The molecule has 0 aromatic carbocycles. The molecule has 162 valence electrons. The van der Waals surface area contributed by atoms with Gasteiger partial charge in [0.25, 0.3) is 0 Å². The first-order valence-electron chi connectivity index (χ1n) is 10.9. The van der Waals surface area contributed by atoms with Crippen molar-refractivity contribution in [2.24, 2.45) is 16.3 Å². The molecule has 1 heterocycles. The number of hydrogen-bond donors (Lipinski definition) is 2. The standard InChI is InChI=1S/C21H38N4O2.HI/c1-22-20(23-16-21(10-6-11-21)12-14-27-2)24-18-9-13-25(15-18)19(26)17-7-4-3-5-8-17;/h17-18H,3-16H2,1-2H3,(H2,22,23,24);1H. The van der Waals surface area contributed by atoms with Gasteiger partial charge in [-0.2, -0.15) is 0 Å². The third-order valence-corrected chi connectivity index (χ3v) is 6.90. The van der Waals surface area contributed by atoms with Crippen LogP contribution >= 0.6 is 24.0 Å². The summed E-state index contributed by atoms with van der Waals surface area (Å²) in [5.41, 5.74) is 0.367. The smallest absolute Gasteiger partial charge is 0.225 e. The van der Waals surface area contributed by atoms with Crippen LogP contribution in [0.25, 0.3) is 0 Å². The third kappa shape index (κ3) is 6.21. The fourth-order valence-corrected chi connectivity index (χ4v) is 4.86. The van der Waals surface area contributed by atoms with Crippen LogP contribution < -0.4 is 10.6 Å². The summed E-state index contributed by atoms with van der Waals surface area (Å²) in [5, 5.41) is 7.08. The van der Waals surface area contributed by atoms with Gasteiger partial charge in [0.15, 0.2) is 5.96 Å². The van der Waals surface area contributed by atoms with Gasteiger partial charge in [-0.1, -0.05) is 25.7 Å². The van der Waals surface area contributed by atoms with E-state index in [2.05, 4.69) is 20.5 Å². The molecule has 2 N–H and O–H groups in total. The minimum absolute atomic E-state index is 0. The molecule has 3 rings (SSSR count). The van der Waals surface area contributed by atoms with E-state index < -0.39 is 0 Å². The van der Waals surface area contributed by atoms with E-state index in [1.807, 2.05) is 7.05 Å². The predicted octanol–water partition coefficient (Wildman–Crippen LogP) is 3.16. The van der Waals surface area contributed by atoms with Crippen LogP contribution in [0.4, 0.5) is 0 Å². The molecule has 0 spiro atoms. The molecule has 3 fully saturated rings. The van der Waals surface area contributed by atoms with E-state index in [1.54, 1.807) is 7.11 Å². The molecule has 0 aromatic rings. The lowest BCUT2D eigenvalue weighted by Crippen LogP contribution is -2.50. The van der Waals surface area contributed by atoms with Gasteiger partial charge < -0.3 is 20.3 Å². The molecule has 6 nitrogen and oxygen atoms in total. The molecular weight excluding hydrogens is 467 g/mol. The average Bonchev–Trinajstić information content (AvgIpc) is 3.14.